The molecule has 29 heavy (non-hydrogen) atoms. The van der Waals surface area contributed by atoms with Gasteiger partial charge < -0.3 is 19.2 Å². The highest BCUT2D eigenvalue weighted by molar-refractivity contribution is 7.99. The van der Waals surface area contributed by atoms with E-state index in [4.69, 9.17) is 19.2 Å². The average Bonchev–Trinajstić information content (AvgIpc) is 3.23. The summed E-state index contributed by atoms with van der Waals surface area (Å²) in [6.07, 6.45) is 0.445. The Bertz CT molecular complexity index is 1010. The van der Waals surface area contributed by atoms with Crippen LogP contribution in [0, 0.1) is 11.3 Å². The van der Waals surface area contributed by atoms with Crippen molar-refractivity contribution >= 4 is 23.4 Å². The smallest absolute Gasteiger partial charge is 0.291 e. The van der Waals surface area contributed by atoms with Gasteiger partial charge in [-0.25, -0.2) is 0 Å². The van der Waals surface area contributed by atoms with Crippen molar-refractivity contribution in [2.75, 3.05) is 18.2 Å². The molecule has 0 aliphatic heterocycles. The lowest BCUT2D eigenvalue weighted by atomic mass is 10.3. The van der Waals surface area contributed by atoms with Gasteiger partial charge in [-0.05, 0) is 36.4 Å². The van der Waals surface area contributed by atoms with Gasteiger partial charge >= 0.3 is 0 Å². The second kappa shape index (κ2) is 10.2. The van der Waals surface area contributed by atoms with Crippen molar-refractivity contribution in [3.05, 3.63) is 72.2 Å². The molecule has 0 saturated carbocycles. The van der Waals surface area contributed by atoms with Crippen LogP contribution in [0.5, 0.6) is 11.5 Å². The molecule has 0 aliphatic carbocycles. The second-order valence-corrected chi connectivity index (χ2v) is 7.05. The minimum absolute atomic E-state index is 0.175. The molecule has 7 heteroatoms. The molecule has 3 aromatic rings. The zero-order valence-electron chi connectivity index (χ0n) is 15.9. The number of hydrogen-bond donors (Lipinski definition) is 1. The van der Waals surface area contributed by atoms with Crippen LogP contribution in [0.2, 0.25) is 0 Å². The highest BCUT2D eigenvalue weighted by atomic mass is 32.2. The number of nitrogens with zero attached hydrogens (tertiary/aromatic N) is 1. The maximum atomic E-state index is 12.6. The molecule has 0 unspecified atom stereocenters. The van der Waals surface area contributed by atoms with Crippen LogP contribution in [-0.4, -0.2) is 18.8 Å². The SMILES string of the molecule is COc1ccccc1OCc1ccc(C(=O)Nc2ccccc2SCCC#N)o1. The number of methoxy groups -OCH3 is 1. The summed E-state index contributed by atoms with van der Waals surface area (Å²) in [5, 5.41) is 11.6. The van der Waals surface area contributed by atoms with Crippen molar-refractivity contribution in [2.24, 2.45) is 0 Å². The Labute approximate surface area is 173 Å². The number of furan rings is 1. The van der Waals surface area contributed by atoms with Gasteiger partial charge in [-0.3, -0.25) is 4.79 Å². The van der Waals surface area contributed by atoms with Gasteiger partial charge in [0.2, 0.25) is 0 Å². The minimum atomic E-state index is -0.345. The normalized spacial score (nSPS) is 10.2. The first-order valence-corrected chi connectivity index (χ1v) is 9.94. The van der Waals surface area contributed by atoms with Crippen molar-refractivity contribution in [3.8, 4) is 17.6 Å². The summed E-state index contributed by atoms with van der Waals surface area (Å²) in [6, 6.07) is 20.2. The molecular weight excluding hydrogens is 388 g/mol. The Hall–Kier alpha value is -3.37. The van der Waals surface area contributed by atoms with E-state index >= 15 is 0 Å². The van der Waals surface area contributed by atoms with E-state index in [1.165, 1.54) is 11.8 Å². The summed E-state index contributed by atoms with van der Waals surface area (Å²) >= 11 is 1.52. The van der Waals surface area contributed by atoms with Crippen LogP contribution in [0.1, 0.15) is 22.7 Å². The minimum Gasteiger partial charge on any atom is -0.493 e. The molecule has 1 N–H and O–H groups in total. The standard InChI is InChI=1S/C22H20N2O4S/c1-26-18-8-3-4-9-19(18)27-15-16-11-12-20(28-16)22(25)24-17-7-2-5-10-21(17)29-14-6-13-23/h2-5,7-12H,6,14-15H2,1H3,(H,24,25). The molecule has 3 rings (SSSR count). The molecule has 1 aromatic heterocycles. The summed E-state index contributed by atoms with van der Waals surface area (Å²) in [7, 11) is 1.58. The number of carbonyl (C=O) groups is 1. The Balaban J connectivity index is 1.62. The van der Waals surface area contributed by atoms with Gasteiger partial charge in [0, 0.05) is 17.1 Å². The summed E-state index contributed by atoms with van der Waals surface area (Å²) in [5.74, 6) is 2.26. The third-order valence-electron chi connectivity index (χ3n) is 3.93. The summed E-state index contributed by atoms with van der Waals surface area (Å²) in [6.45, 7) is 0.175. The number of carbonyl (C=O) groups excluding carboxylic acids is 1. The fraction of sp³-hybridized carbons (Fsp3) is 0.182. The molecule has 2 aromatic carbocycles. The number of hydrogen-bond acceptors (Lipinski definition) is 6. The molecule has 0 radical (unpaired) electrons. The zero-order valence-corrected chi connectivity index (χ0v) is 16.7. The Morgan fingerprint density at radius 1 is 1.10 bits per heavy atom. The maximum Gasteiger partial charge on any atom is 0.291 e. The van der Waals surface area contributed by atoms with Gasteiger partial charge in [-0.1, -0.05) is 24.3 Å². The molecule has 148 valence electrons. The van der Waals surface area contributed by atoms with E-state index in [1.54, 1.807) is 25.3 Å². The summed E-state index contributed by atoms with van der Waals surface area (Å²) in [4.78, 5) is 13.5. The van der Waals surface area contributed by atoms with Crippen molar-refractivity contribution in [2.45, 2.75) is 17.9 Å². The van der Waals surface area contributed by atoms with Crippen LogP contribution in [0.3, 0.4) is 0 Å². The zero-order chi connectivity index (χ0) is 20.5. The number of nitriles is 1. The Morgan fingerprint density at radius 3 is 2.66 bits per heavy atom. The number of rotatable bonds is 9. The molecule has 0 saturated heterocycles. The van der Waals surface area contributed by atoms with Crippen LogP contribution in [0.25, 0.3) is 0 Å². The van der Waals surface area contributed by atoms with Gasteiger partial charge in [0.1, 0.15) is 12.4 Å². The van der Waals surface area contributed by atoms with Crippen LogP contribution >= 0.6 is 11.8 Å². The molecule has 0 bridgehead atoms. The number of thioether (sulfide) groups is 1. The molecule has 0 aliphatic rings. The molecule has 1 heterocycles. The lowest BCUT2D eigenvalue weighted by Gasteiger charge is -2.09. The monoisotopic (exact) mass is 408 g/mol. The fourth-order valence-electron chi connectivity index (χ4n) is 2.55. The number of amides is 1. The fourth-order valence-corrected chi connectivity index (χ4v) is 3.41. The number of nitrogens with one attached hydrogen (secondary N) is 1. The largest absolute Gasteiger partial charge is 0.493 e. The van der Waals surface area contributed by atoms with Crippen LogP contribution in [0.15, 0.2) is 70.0 Å². The molecular formula is C22H20N2O4S. The van der Waals surface area contributed by atoms with Crippen LogP contribution in [0.4, 0.5) is 5.69 Å². The van der Waals surface area contributed by atoms with Gasteiger partial charge in [-0.15, -0.1) is 11.8 Å². The summed E-state index contributed by atoms with van der Waals surface area (Å²) in [5.41, 5.74) is 0.684. The number of benzene rings is 2. The van der Waals surface area contributed by atoms with Crippen molar-refractivity contribution in [3.63, 3.8) is 0 Å². The van der Waals surface area contributed by atoms with Crippen molar-refractivity contribution in [1.82, 2.24) is 0 Å². The number of anilines is 1. The second-order valence-electron chi connectivity index (χ2n) is 5.91. The van der Waals surface area contributed by atoms with E-state index < -0.39 is 0 Å². The molecule has 6 nitrogen and oxygen atoms in total. The van der Waals surface area contributed by atoms with E-state index in [2.05, 4.69) is 11.4 Å². The van der Waals surface area contributed by atoms with Crippen molar-refractivity contribution < 1.29 is 18.7 Å². The number of ether oxygens (including phenoxy) is 2. The van der Waals surface area contributed by atoms with E-state index in [-0.39, 0.29) is 18.3 Å². The highest BCUT2D eigenvalue weighted by Gasteiger charge is 2.14. The first kappa shape index (κ1) is 20.4. The molecule has 1 amide bonds. The highest BCUT2D eigenvalue weighted by Crippen LogP contribution is 2.29. The first-order chi connectivity index (χ1) is 14.2. The lowest BCUT2D eigenvalue weighted by Crippen LogP contribution is -2.11. The molecule has 0 fully saturated rings. The quantitative estimate of drug-likeness (QED) is 0.390. The maximum absolute atomic E-state index is 12.6. The predicted octanol–water partition coefficient (Wildman–Crippen LogP) is 5.13. The number of para-hydroxylation sites is 3. The predicted molar refractivity (Wildman–Crippen MR) is 111 cm³/mol. The van der Waals surface area contributed by atoms with Crippen LogP contribution in [-0.2, 0) is 6.61 Å². The third-order valence-corrected chi connectivity index (χ3v) is 5.01. The average molecular weight is 408 g/mol. The molecule has 0 atom stereocenters. The van der Waals surface area contributed by atoms with E-state index in [0.29, 0.717) is 35.1 Å². The lowest BCUT2D eigenvalue weighted by molar-refractivity contribution is 0.0992. The topological polar surface area (TPSA) is 84.5 Å². The van der Waals surface area contributed by atoms with E-state index in [9.17, 15) is 4.79 Å². The van der Waals surface area contributed by atoms with E-state index in [1.807, 2.05) is 42.5 Å². The Morgan fingerprint density at radius 2 is 1.86 bits per heavy atom. The van der Waals surface area contributed by atoms with E-state index in [0.717, 1.165) is 4.90 Å². The van der Waals surface area contributed by atoms with Crippen LogP contribution < -0.4 is 14.8 Å². The van der Waals surface area contributed by atoms with Gasteiger partial charge in [0.25, 0.3) is 5.91 Å². The Kier molecular flexibility index (Phi) is 7.20. The summed E-state index contributed by atoms with van der Waals surface area (Å²) < 4.78 is 16.6. The third kappa shape index (κ3) is 5.56. The van der Waals surface area contributed by atoms with Gasteiger partial charge in [-0.2, -0.15) is 5.26 Å². The van der Waals surface area contributed by atoms with Crippen molar-refractivity contribution in [1.29, 1.82) is 5.26 Å². The first-order valence-electron chi connectivity index (χ1n) is 8.96. The molecule has 0 spiro atoms. The van der Waals surface area contributed by atoms with Gasteiger partial charge in [0.15, 0.2) is 17.3 Å². The van der Waals surface area contributed by atoms with Gasteiger partial charge in [0.05, 0.1) is 18.9 Å².